The number of carbonyl (C=O) groups excluding carboxylic acids is 1. The van der Waals surface area contributed by atoms with Gasteiger partial charge in [0.2, 0.25) is 0 Å². The molecule has 0 fully saturated rings. The number of hydrogen-bond acceptors (Lipinski definition) is 3. The van der Waals surface area contributed by atoms with Gasteiger partial charge in [-0.2, -0.15) is 0 Å². The van der Waals surface area contributed by atoms with E-state index in [1.165, 1.54) is 0 Å². The van der Waals surface area contributed by atoms with E-state index in [0.717, 1.165) is 5.56 Å². The minimum Gasteiger partial charge on any atom is -0.484 e. The van der Waals surface area contributed by atoms with Crippen molar-refractivity contribution in [3.63, 3.8) is 0 Å². The highest BCUT2D eigenvalue weighted by atomic mass is 35.5. The van der Waals surface area contributed by atoms with E-state index in [1.807, 2.05) is 31.2 Å². The molecule has 1 amide bonds. The highest BCUT2D eigenvalue weighted by Crippen LogP contribution is 2.24. The highest BCUT2D eigenvalue weighted by Gasteiger charge is 2.05. The van der Waals surface area contributed by atoms with Crippen LogP contribution in [-0.2, 0) is 4.79 Å². The third-order valence-electron chi connectivity index (χ3n) is 3.58. The molecule has 0 saturated heterocycles. The summed E-state index contributed by atoms with van der Waals surface area (Å²) in [7, 11) is 0. The standard InChI is InChI=1S/C21H18ClNO3/c1-15-2-8-18(9-3-15)25-14-21(24)23-17-6-12-20(13-7-17)26-19-10-4-16(22)5-11-19/h2-13H,14H2,1H3,(H,23,24). The molecule has 3 rings (SSSR count). The van der Waals surface area contributed by atoms with Gasteiger partial charge in [-0.25, -0.2) is 0 Å². The predicted octanol–water partition coefficient (Wildman–Crippen LogP) is 5.46. The molecule has 0 aliphatic heterocycles. The van der Waals surface area contributed by atoms with Gasteiger partial charge >= 0.3 is 0 Å². The van der Waals surface area contributed by atoms with Crippen molar-refractivity contribution < 1.29 is 14.3 Å². The molecule has 1 N–H and O–H groups in total. The molecule has 0 atom stereocenters. The lowest BCUT2D eigenvalue weighted by Gasteiger charge is -2.09. The van der Waals surface area contributed by atoms with Gasteiger partial charge in [-0.3, -0.25) is 4.79 Å². The second-order valence-corrected chi connectivity index (χ2v) is 6.17. The minimum atomic E-state index is -0.225. The van der Waals surface area contributed by atoms with Gasteiger partial charge in [-0.05, 0) is 67.6 Å². The van der Waals surface area contributed by atoms with E-state index >= 15 is 0 Å². The van der Waals surface area contributed by atoms with Crippen LogP contribution < -0.4 is 14.8 Å². The summed E-state index contributed by atoms with van der Waals surface area (Å²) in [5, 5.41) is 3.44. The van der Waals surface area contributed by atoms with Gasteiger partial charge in [0.25, 0.3) is 5.91 Å². The molecule has 0 bridgehead atoms. The molecule has 26 heavy (non-hydrogen) atoms. The normalized spacial score (nSPS) is 10.2. The monoisotopic (exact) mass is 367 g/mol. The van der Waals surface area contributed by atoms with Crippen LogP contribution in [0.3, 0.4) is 0 Å². The Balaban J connectivity index is 1.50. The molecule has 0 heterocycles. The van der Waals surface area contributed by atoms with Crippen LogP contribution in [0.25, 0.3) is 0 Å². The van der Waals surface area contributed by atoms with Crippen molar-refractivity contribution in [2.45, 2.75) is 6.92 Å². The highest BCUT2D eigenvalue weighted by molar-refractivity contribution is 6.30. The SMILES string of the molecule is Cc1ccc(OCC(=O)Nc2ccc(Oc3ccc(Cl)cc3)cc2)cc1. The van der Waals surface area contributed by atoms with Gasteiger partial charge in [-0.15, -0.1) is 0 Å². The van der Waals surface area contributed by atoms with E-state index in [4.69, 9.17) is 21.1 Å². The molecular formula is C21H18ClNO3. The second-order valence-electron chi connectivity index (χ2n) is 5.73. The number of aryl methyl sites for hydroxylation is 1. The molecule has 5 heteroatoms. The summed E-state index contributed by atoms with van der Waals surface area (Å²) in [6, 6.07) is 21.8. The van der Waals surface area contributed by atoms with Crippen LogP contribution in [0.2, 0.25) is 5.02 Å². The summed E-state index contributed by atoms with van der Waals surface area (Å²) >= 11 is 5.85. The first kappa shape index (κ1) is 17.8. The number of rotatable bonds is 6. The Morgan fingerprint density at radius 3 is 2.00 bits per heavy atom. The third kappa shape index (κ3) is 5.26. The first-order valence-electron chi connectivity index (χ1n) is 8.11. The summed E-state index contributed by atoms with van der Waals surface area (Å²) in [6.45, 7) is 1.95. The number of ether oxygens (including phenoxy) is 2. The second kappa shape index (κ2) is 8.41. The van der Waals surface area contributed by atoms with Gasteiger partial charge in [-0.1, -0.05) is 29.3 Å². The number of amides is 1. The fourth-order valence-electron chi connectivity index (χ4n) is 2.23. The van der Waals surface area contributed by atoms with Crippen molar-refractivity contribution in [1.82, 2.24) is 0 Å². The fraction of sp³-hybridized carbons (Fsp3) is 0.0952. The van der Waals surface area contributed by atoms with Crippen molar-refractivity contribution in [1.29, 1.82) is 0 Å². The maximum absolute atomic E-state index is 12.0. The molecule has 0 aliphatic carbocycles. The summed E-state index contributed by atoms with van der Waals surface area (Å²) in [5.74, 6) is 1.80. The Morgan fingerprint density at radius 1 is 0.846 bits per heavy atom. The van der Waals surface area contributed by atoms with Crippen molar-refractivity contribution in [2.75, 3.05) is 11.9 Å². The lowest BCUT2D eigenvalue weighted by Crippen LogP contribution is -2.20. The number of hydrogen-bond donors (Lipinski definition) is 1. The predicted molar refractivity (Wildman–Crippen MR) is 103 cm³/mol. The lowest BCUT2D eigenvalue weighted by molar-refractivity contribution is -0.118. The van der Waals surface area contributed by atoms with Gasteiger partial charge in [0.05, 0.1) is 0 Å². The Hall–Kier alpha value is -2.98. The van der Waals surface area contributed by atoms with Crippen LogP contribution in [-0.4, -0.2) is 12.5 Å². The molecule has 4 nitrogen and oxygen atoms in total. The average molecular weight is 368 g/mol. The Morgan fingerprint density at radius 2 is 1.38 bits per heavy atom. The molecule has 0 saturated carbocycles. The topological polar surface area (TPSA) is 47.6 Å². The number of halogens is 1. The van der Waals surface area contributed by atoms with Crippen LogP contribution in [0.1, 0.15) is 5.56 Å². The smallest absolute Gasteiger partial charge is 0.262 e. The zero-order valence-corrected chi connectivity index (χ0v) is 15.0. The molecule has 0 radical (unpaired) electrons. The molecule has 0 unspecified atom stereocenters. The first-order chi connectivity index (χ1) is 12.6. The lowest BCUT2D eigenvalue weighted by atomic mass is 10.2. The van der Waals surface area contributed by atoms with Gasteiger partial charge < -0.3 is 14.8 Å². The van der Waals surface area contributed by atoms with E-state index in [9.17, 15) is 4.79 Å². The Kier molecular flexibility index (Phi) is 5.77. The van der Waals surface area contributed by atoms with Crippen LogP contribution in [0.4, 0.5) is 5.69 Å². The number of benzene rings is 3. The summed E-state index contributed by atoms with van der Waals surface area (Å²) in [6.07, 6.45) is 0. The molecule has 132 valence electrons. The zero-order chi connectivity index (χ0) is 18.4. The first-order valence-corrected chi connectivity index (χ1v) is 8.49. The summed E-state index contributed by atoms with van der Waals surface area (Å²) in [4.78, 5) is 12.0. The summed E-state index contributed by atoms with van der Waals surface area (Å²) < 4.78 is 11.2. The maximum atomic E-state index is 12.0. The van der Waals surface area contributed by atoms with E-state index in [-0.39, 0.29) is 12.5 Å². The molecule has 0 aromatic heterocycles. The van der Waals surface area contributed by atoms with Gasteiger partial charge in [0.15, 0.2) is 6.61 Å². The molecule has 3 aromatic rings. The van der Waals surface area contributed by atoms with Crippen molar-refractivity contribution in [3.8, 4) is 17.2 Å². The van der Waals surface area contributed by atoms with Crippen molar-refractivity contribution in [3.05, 3.63) is 83.4 Å². The van der Waals surface area contributed by atoms with E-state index in [0.29, 0.717) is 28.0 Å². The van der Waals surface area contributed by atoms with E-state index < -0.39 is 0 Å². The number of nitrogens with one attached hydrogen (secondary N) is 1. The zero-order valence-electron chi connectivity index (χ0n) is 14.2. The summed E-state index contributed by atoms with van der Waals surface area (Å²) in [5.41, 5.74) is 1.81. The van der Waals surface area contributed by atoms with Gasteiger partial charge in [0.1, 0.15) is 17.2 Å². The van der Waals surface area contributed by atoms with E-state index in [1.54, 1.807) is 48.5 Å². The Bertz CT molecular complexity index is 859. The molecular weight excluding hydrogens is 350 g/mol. The average Bonchev–Trinajstić information content (AvgIpc) is 2.65. The fourth-order valence-corrected chi connectivity index (χ4v) is 2.35. The van der Waals surface area contributed by atoms with Crippen LogP contribution >= 0.6 is 11.6 Å². The van der Waals surface area contributed by atoms with Crippen molar-refractivity contribution >= 4 is 23.2 Å². The number of anilines is 1. The quantitative estimate of drug-likeness (QED) is 0.629. The largest absolute Gasteiger partial charge is 0.484 e. The third-order valence-corrected chi connectivity index (χ3v) is 3.83. The molecule has 0 spiro atoms. The van der Waals surface area contributed by atoms with Crippen LogP contribution in [0.15, 0.2) is 72.8 Å². The minimum absolute atomic E-state index is 0.0495. The molecule has 0 aliphatic rings. The maximum Gasteiger partial charge on any atom is 0.262 e. The molecule has 3 aromatic carbocycles. The van der Waals surface area contributed by atoms with Crippen molar-refractivity contribution in [2.24, 2.45) is 0 Å². The van der Waals surface area contributed by atoms with Crippen LogP contribution in [0, 0.1) is 6.92 Å². The van der Waals surface area contributed by atoms with Crippen LogP contribution in [0.5, 0.6) is 17.2 Å². The van der Waals surface area contributed by atoms with E-state index in [2.05, 4.69) is 5.32 Å². The number of carbonyl (C=O) groups is 1. The van der Waals surface area contributed by atoms with Gasteiger partial charge in [0, 0.05) is 10.7 Å². The Labute approximate surface area is 157 Å².